The van der Waals surface area contributed by atoms with Crippen LogP contribution in [0.1, 0.15) is 18.6 Å². The smallest absolute Gasteiger partial charge is 0.115 e. The van der Waals surface area contributed by atoms with Crippen LogP contribution >= 0.6 is 0 Å². The molecule has 3 N–H and O–H groups in total. The van der Waals surface area contributed by atoms with Crippen molar-refractivity contribution in [3.63, 3.8) is 0 Å². The molecule has 3 nitrogen and oxygen atoms in total. The summed E-state index contributed by atoms with van der Waals surface area (Å²) < 4.78 is 0. The lowest BCUT2D eigenvalue weighted by molar-refractivity contribution is 0.0664. The van der Waals surface area contributed by atoms with Crippen LogP contribution in [0.4, 0.5) is 0 Å². The molecule has 1 aromatic carbocycles. The predicted octanol–water partition coefficient (Wildman–Crippen LogP) is 1.34. The summed E-state index contributed by atoms with van der Waals surface area (Å²) in [5, 5.41) is 8.94. The van der Waals surface area contributed by atoms with Gasteiger partial charge < -0.3 is 5.11 Å². The number of hydrogen-bond donors (Lipinski definition) is 2. The highest BCUT2D eigenvalue weighted by Gasteiger charge is 2.02. The number of phenols is 1. The average molecular weight is 153 g/mol. The Kier molecular flexibility index (Phi) is 2.46. The largest absolute Gasteiger partial charge is 0.508 e. The lowest BCUT2D eigenvalue weighted by atomic mass is 10.1. The van der Waals surface area contributed by atoms with Crippen LogP contribution in [0.3, 0.4) is 0 Å². The summed E-state index contributed by atoms with van der Waals surface area (Å²) in [5.74, 6) is 5.23. The number of hydrogen-bond acceptors (Lipinski definition) is 3. The van der Waals surface area contributed by atoms with E-state index in [0.29, 0.717) is 0 Å². The first-order chi connectivity index (χ1) is 5.24. The molecule has 11 heavy (non-hydrogen) atoms. The van der Waals surface area contributed by atoms with Gasteiger partial charge in [-0.15, -0.1) is 0 Å². The second kappa shape index (κ2) is 3.37. The van der Waals surface area contributed by atoms with Crippen LogP contribution in [0.15, 0.2) is 24.3 Å². The van der Waals surface area contributed by atoms with Gasteiger partial charge in [-0.1, -0.05) is 12.1 Å². The van der Waals surface area contributed by atoms with Crippen LogP contribution < -0.4 is 5.90 Å². The zero-order valence-electron chi connectivity index (χ0n) is 6.32. The van der Waals surface area contributed by atoms with Crippen molar-refractivity contribution in [2.24, 2.45) is 5.90 Å². The van der Waals surface area contributed by atoms with E-state index in [1.54, 1.807) is 24.3 Å². The molecule has 0 spiro atoms. The first-order valence-corrected chi connectivity index (χ1v) is 3.38. The maximum Gasteiger partial charge on any atom is 0.115 e. The Hall–Kier alpha value is -1.06. The molecule has 0 aromatic heterocycles. The van der Waals surface area contributed by atoms with Crippen molar-refractivity contribution >= 4 is 0 Å². The second-order valence-electron chi connectivity index (χ2n) is 2.37. The van der Waals surface area contributed by atoms with E-state index in [-0.39, 0.29) is 11.9 Å². The van der Waals surface area contributed by atoms with Gasteiger partial charge in [0.1, 0.15) is 11.9 Å². The molecule has 1 atom stereocenters. The molecule has 0 radical (unpaired) electrons. The van der Waals surface area contributed by atoms with Gasteiger partial charge in [0.05, 0.1) is 0 Å². The van der Waals surface area contributed by atoms with Gasteiger partial charge in [-0.3, -0.25) is 4.84 Å². The monoisotopic (exact) mass is 153 g/mol. The molecule has 0 saturated heterocycles. The molecule has 0 saturated carbocycles. The van der Waals surface area contributed by atoms with E-state index < -0.39 is 0 Å². The molecule has 0 aliphatic carbocycles. The van der Waals surface area contributed by atoms with Gasteiger partial charge in [-0.05, 0) is 24.6 Å². The van der Waals surface area contributed by atoms with Gasteiger partial charge in [0.2, 0.25) is 0 Å². The second-order valence-corrected chi connectivity index (χ2v) is 2.37. The molecule has 1 unspecified atom stereocenters. The third kappa shape index (κ3) is 1.93. The van der Waals surface area contributed by atoms with E-state index in [0.717, 1.165) is 5.56 Å². The maximum atomic E-state index is 8.94. The number of nitrogens with two attached hydrogens (primary N) is 1. The highest BCUT2D eigenvalue weighted by Crippen LogP contribution is 2.17. The highest BCUT2D eigenvalue weighted by atomic mass is 16.6. The number of rotatable bonds is 2. The molecule has 0 fully saturated rings. The number of aromatic hydroxyl groups is 1. The molecule has 0 heterocycles. The fourth-order valence-electron chi connectivity index (χ4n) is 0.824. The van der Waals surface area contributed by atoms with E-state index in [4.69, 9.17) is 11.0 Å². The van der Waals surface area contributed by atoms with Gasteiger partial charge in [0, 0.05) is 0 Å². The third-order valence-corrected chi connectivity index (χ3v) is 1.57. The SMILES string of the molecule is CC(ON)c1ccc(O)cc1. The Morgan fingerprint density at radius 1 is 1.36 bits per heavy atom. The van der Waals surface area contributed by atoms with Crippen LogP contribution in [0.25, 0.3) is 0 Å². The minimum Gasteiger partial charge on any atom is -0.508 e. The molecule has 0 bridgehead atoms. The van der Waals surface area contributed by atoms with E-state index in [1.807, 2.05) is 6.92 Å². The zero-order chi connectivity index (χ0) is 8.27. The molecule has 60 valence electrons. The summed E-state index contributed by atoms with van der Waals surface area (Å²) >= 11 is 0. The van der Waals surface area contributed by atoms with Crippen molar-refractivity contribution in [1.29, 1.82) is 0 Å². The first kappa shape index (κ1) is 8.04. The van der Waals surface area contributed by atoms with Crippen LogP contribution in [0.5, 0.6) is 5.75 Å². The average Bonchev–Trinajstić information content (AvgIpc) is 2.05. The molecule has 3 heteroatoms. The minimum atomic E-state index is -0.129. The summed E-state index contributed by atoms with van der Waals surface area (Å²) in [6.07, 6.45) is -0.129. The molecular formula is C8H11NO2. The van der Waals surface area contributed by atoms with Crippen molar-refractivity contribution < 1.29 is 9.94 Å². The minimum absolute atomic E-state index is 0.129. The van der Waals surface area contributed by atoms with Crippen LogP contribution in [-0.4, -0.2) is 5.11 Å². The van der Waals surface area contributed by atoms with Crippen LogP contribution in [-0.2, 0) is 4.84 Å². The van der Waals surface area contributed by atoms with E-state index in [1.165, 1.54) is 0 Å². The van der Waals surface area contributed by atoms with Gasteiger partial charge in [0.25, 0.3) is 0 Å². The summed E-state index contributed by atoms with van der Waals surface area (Å²) in [6.45, 7) is 1.84. The standard InChI is InChI=1S/C8H11NO2/c1-6(11-9)7-2-4-8(10)5-3-7/h2-6,10H,9H2,1H3. The summed E-state index contributed by atoms with van der Waals surface area (Å²) in [6, 6.07) is 6.75. The Labute approximate surface area is 65.4 Å². The Morgan fingerprint density at radius 2 is 1.91 bits per heavy atom. The van der Waals surface area contributed by atoms with Gasteiger partial charge in [0.15, 0.2) is 0 Å². The summed E-state index contributed by atoms with van der Waals surface area (Å²) in [4.78, 5) is 4.59. The van der Waals surface area contributed by atoms with E-state index >= 15 is 0 Å². The summed E-state index contributed by atoms with van der Waals surface area (Å²) in [7, 11) is 0. The van der Waals surface area contributed by atoms with Crippen molar-refractivity contribution in [2.45, 2.75) is 13.0 Å². The van der Waals surface area contributed by atoms with Crippen molar-refractivity contribution in [3.8, 4) is 5.75 Å². The van der Waals surface area contributed by atoms with Crippen molar-refractivity contribution in [3.05, 3.63) is 29.8 Å². The number of phenolic OH excluding ortho intramolecular Hbond substituents is 1. The normalized spacial score (nSPS) is 12.9. The van der Waals surface area contributed by atoms with Crippen molar-refractivity contribution in [2.75, 3.05) is 0 Å². The quantitative estimate of drug-likeness (QED) is 0.630. The van der Waals surface area contributed by atoms with E-state index in [2.05, 4.69) is 4.84 Å². The molecule has 1 aromatic rings. The van der Waals surface area contributed by atoms with Crippen LogP contribution in [0.2, 0.25) is 0 Å². The van der Waals surface area contributed by atoms with Crippen LogP contribution in [0, 0.1) is 0 Å². The van der Waals surface area contributed by atoms with Crippen molar-refractivity contribution in [1.82, 2.24) is 0 Å². The Balaban J connectivity index is 2.81. The predicted molar refractivity (Wildman–Crippen MR) is 41.8 cm³/mol. The maximum absolute atomic E-state index is 8.94. The fourth-order valence-corrected chi connectivity index (χ4v) is 0.824. The zero-order valence-corrected chi connectivity index (χ0v) is 6.32. The topological polar surface area (TPSA) is 55.5 Å². The molecule has 0 amide bonds. The number of benzene rings is 1. The van der Waals surface area contributed by atoms with Gasteiger partial charge in [-0.25, -0.2) is 5.90 Å². The Morgan fingerprint density at radius 3 is 2.36 bits per heavy atom. The Bertz CT molecular complexity index is 220. The molecule has 0 aliphatic heterocycles. The summed E-state index contributed by atoms with van der Waals surface area (Å²) in [5.41, 5.74) is 0.949. The fraction of sp³-hybridized carbons (Fsp3) is 0.250. The van der Waals surface area contributed by atoms with Gasteiger partial charge >= 0.3 is 0 Å². The molecule has 1 rings (SSSR count). The van der Waals surface area contributed by atoms with Gasteiger partial charge in [-0.2, -0.15) is 0 Å². The van der Waals surface area contributed by atoms with E-state index in [9.17, 15) is 0 Å². The lowest BCUT2D eigenvalue weighted by Gasteiger charge is -2.07. The molecule has 0 aliphatic rings. The molecular weight excluding hydrogens is 142 g/mol. The lowest BCUT2D eigenvalue weighted by Crippen LogP contribution is -2.04. The first-order valence-electron chi connectivity index (χ1n) is 3.38. The highest BCUT2D eigenvalue weighted by molar-refractivity contribution is 5.26. The third-order valence-electron chi connectivity index (χ3n) is 1.57.